The van der Waals surface area contributed by atoms with Gasteiger partial charge in [0, 0.05) is 37.2 Å². The molecule has 1 heterocycles. The van der Waals surface area contributed by atoms with E-state index in [9.17, 15) is 5.11 Å². The van der Waals surface area contributed by atoms with Gasteiger partial charge in [-0.3, -0.25) is 0 Å². The summed E-state index contributed by atoms with van der Waals surface area (Å²) >= 11 is 0. The van der Waals surface area contributed by atoms with Gasteiger partial charge in [0.1, 0.15) is 12.9 Å². The quantitative estimate of drug-likeness (QED) is 0.0905. The lowest BCUT2D eigenvalue weighted by Gasteiger charge is -2.51. The molecule has 9 atom stereocenters. The Morgan fingerprint density at radius 2 is 1.43 bits per heavy atom. The van der Waals surface area contributed by atoms with Crippen LogP contribution >= 0.6 is 0 Å². The third-order valence-corrected chi connectivity index (χ3v) is 20.4. The highest BCUT2D eigenvalue weighted by Gasteiger charge is 2.50. The lowest BCUT2D eigenvalue weighted by atomic mass is 9.84. The molecule has 0 amide bonds. The van der Waals surface area contributed by atoms with Crippen molar-refractivity contribution in [2.24, 2.45) is 29.6 Å². The minimum absolute atomic E-state index is 0.0304. The predicted octanol–water partition coefficient (Wildman–Crippen LogP) is 9.55. The summed E-state index contributed by atoms with van der Waals surface area (Å²) in [4.78, 5) is 0. The van der Waals surface area contributed by atoms with Crippen molar-refractivity contribution in [1.29, 1.82) is 0 Å². The van der Waals surface area contributed by atoms with Crippen molar-refractivity contribution in [2.75, 3.05) is 13.9 Å². The lowest BCUT2D eigenvalue weighted by Crippen LogP contribution is -2.58. The summed E-state index contributed by atoms with van der Waals surface area (Å²) in [6, 6.07) is 0. The van der Waals surface area contributed by atoms with Crippen LogP contribution in [0.15, 0.2) is 12.2 Å². The van der Waals surface area contributed by atoms with Crippen LogP contribution in [0, 0.1) is 41.4 Å². The molecular weight excluding hydrogens is 609 g/mol. The molecule has 46 heavy (non-hydrogen) atoms. The summed E-state index contributed by atoms with van der Waals surface area (Å²) in [5, 5.41) is 11.4. The van der Waals surface area contributed by atoms with Crippen LogP contribution in [0.1, 0.15) is 108 Å². The Labute approximate surface area is 286 Å². The monoisotopic (exact) mass is 680 g/mol. The number of rotatable bonds is 13. The van der Waals surface area contributed by atoms with Crippen molar-refractivity contribution in [3.8, 4) is 11.8 Å². The number of aliphatic hydroxyl groups excluding tert-OH is 1. The molecule has 2 fully saturated rings. The van der Waals surface area contributed by atoms with Gasteiger partial charge in [0.25, 0.3) is 0 Å². The first kappa shape index (κ1) is 41.7. The van der Waals surface area contributed by atoms with Crippen molar-refractivity contribution in [1.82, 2.24) is 0 Å². The van der Waals surface area contributed by atoms with Crippen LogP contribution < -0.4 is 0 Å². The van der Waals surface area contributed by atoms with Crippen LogP contribution in [-0.2, 0) is 23.1 Å². The van der Waals surface area contributed by atoms with Crippen molar-refractivity contribution in [3.05, 3.63) is 12.2 Å². The van der Waals surface area contributed by atoms with Gasteiger partial charge in [-0.2, -0.15) is 0 Å². The Balaban J connectivity index is 2.25. The summed E-state index contributed by atoms with van der Waals surface area (Å²) in [5.74, 6) is 7.43. The third kappa shape index (κ3) is 11.8. The van der Waals surface area contributed by atoms with Crippen molar-refractivity contribution in [2.45, 2.75) is 175 Å². The maximum absolute atomic E-state index is 11.3. The van der Waals surface area contributed by atoms with Gasteiger partial charge >= 0.3 is 0 Å². The molecule has 268 valence electrons. The van der Waals surface area contributed by atoms with Crippen LogP contribution in [0.2, 0.25) is 36.3 Å². The maximum Gasteiger partial charge on any atom is 0.195 e. The van der Waals surface area contributed by atoms with E-state index in [1.54, 1.807) is 7.11 Å². The number of ether oxygens (including phenoxy) is 3. The zero-order chi connectivity index (χ0) is 35.1. The Hall–Kier alpha value is -0.506. The zero-order valence-electron chi connectivity index (χ0n) is 32.4. The van der Waals surface area contributed by atoms with E-state index in [1.807, 2.05) is 0 Å². The number of aliphatic hydroxyl groups is 1. The SMILES string of the molecule is COCO[C@@H]([C@@H](C)C#C[C@H](O)C[C@@H]1O[C@@H](O[Si](C)(C)C(C)(C)C)[C@H](C)[C@@H](O[Si](C)(C)C(C)(C)C)[C@H]1C)[C@@H](C)/C=C/C1CCCCC1. The number of allylic oxidation sites excluding steroid dienone is 1. The molecule has 0 aromatic carbocycles. The second-order valence-electron chi connectivity index (χ2n) is 17.5. The van der Waals surface area contributed by atoms with E-state index in [0.29, 0.717) is 12.3 Å². The van der Waals surface area contributed by atoms with Gasteiger partial charge in [0.05, 0.1) is 18.3 Å². The van der Waals surface area contributed by atoms with Crippen molar-refractivity contribution in [3.63, 3.8) is 0 Å². The molecule has 0 spiro atoms. The highest BCUT2D eigenvalue weighted by atomic mass is 28.4. The van der Waals surface area contributed by atoms with Crippen LogP contribution in [0.25, 0.3) is 0 Å². The van der Waals surface area contributed by atoms with Crippen molar-refractivity contribution < 1.29 is 28.2 Å². The van der Waals surface area contributed by atoms with Crippen LogP contribution in [-0.4, -0.2) is 66.3 Å². The summed E-state index contributed by atoms with van der Waals surface area (Å²) in [7, 11) is -2.55. The summed E-state index contributed by atoms with van der Waals surface area (Å²) in [5.41, 5.74) is 0. The molecule has 1 N–H and O–H groups in total. The Morgan fingerprint density at radius 1 is 0.870 bits per heavy atom. The molecule has 0 radical (unpaired) electrons. The zero-order valence-corrected chi connectivity index (χ0v) is 34.4. The molecule has 0 unspecified atom stereocenters. The van der Waals surface area contributed by atoms with Gasteiger partial charge in [0.15, 0.2) is 22.9 Å². The molecule has 2 aliphatic rings. The highest BCUT2D eigenvalue weighted by Crippen LogP contribution is 2.45. The van der Waals surface area contributed by atoms with Crippen LogP contribution in [0.4, 0.5) is 0 Å². The summed E-state index contributed by atoms with van der Waals surface area (Å²) < 4.78 is 32.2. The molecule has 8 heteroatoms. The molecule has 0 bridgehead atoms. The van der Waals surface area contributed by atoms with Crippen LogP contribution in [0.3, 0.4) is 0 Å². The molecule has 6 nitrogen and oxygen atoms in total. The molecule has 0 aromatic rings. The number of hydrogen-bond donors (Lipinski definition) is 1. The Kier molecular flexibility index (Phi) is 15.8. The number of hydrogen-bond acceptors (Lipinski definition) is 6. The molecule has 0 aromatic heterocycles. The summed E-state index contributed by atoms with van der Waals surface area (Å²) in [6.07, 6.45) is 10.0. The molecular formula is C38H72O6Si2. The Morgan fingerprint density at radius 3 is 1.98 bits per heavy atom. The van der Waals surface area contributed by atoms with Crippen molar-refractivity contribution >= 4 is 16.6 Å². The summed E-state index contributed by atoms with van der Waals surface area (Å²) in [6.45, 7) is 31.7. The topological polar surface area (TPSA) is 66.4 Å². The first-order valence-corrected chi connectivity index (χ1v) is 23.9. The second kappa shape index (κ2) is 17.4. The molecule has 1 aliphatic carbocycles. The van der Waals surface area contributed by atoms with E-state index in [1.165, 1.54) is 32.1 Å². The van der Waals surface area contributed by atoms with E-state index >= 15 is 0 Å². The van der Waals surface area contributed by atoms with E-state index < -0.39 is 22.7 Å². The van der Waals surface area contributed by atoms with Gasteiger partial charge in [-0.25, -0.2) is 0 Å². The Bertz CT molecular complexity index is 997. The predicted molar refractivity (Wildman–Crippen MR) is 197 cm³/mol. The standard InChI is InChI=1S/C38H72O6Si2/c1-27(21-23-31-19-17-16-18-20-31)34(41-26-40-11)28(2)22-24-32(39)25-33-29(3)35(43-45(12,13)37(5,6)7)30(4)36(42-33)44-46(14,15)38(8,9)10/h21,23,27-36,39H,16-20,25-26H2,1-15H3/b23-21+/t27-,28-,29-,30+,32-,33-,34+,35-,36-/m0/s1. The maximum atomic E-state index is 11.3. The highest BCUT2D eigenvalue weighted by molar-refractivity contribution is 6.74. The lowest BCUT2D eigenvalue weighted by molar-refractivity contribution is -0.235. The van der Waals surface area contributed by atoms with E-state index in [-0.39, 0.29) is 65.1 Å². The van der Waals surface area contributed by atoms with Gasteiger partial charge in [0.2, 0.25) is 0 Å². The number of methoxy groups -OCH3 is 1. The fourth-order valence-corrected chi connectivity index (χ4v) is 8.79. The van der Waals surface area contributed by atoms with E-state index in [4.69, 9.17) is 23.1 Å². The molecule has 1 aliphatic heterocycles. The first-order chi connectivity index (χ1) is 21.1. The minimum Gasteiger partial charge on any atom is -0.413 e. The fraction of sp³-hybridized carbons (Fsp3) is 0.895. The third-order valence-electron chi connectivity index (χ3n) is 11.5. The molecule has 2 rings (SSSR count). The second-order valence-corrected chi connectivity index (χ2v) is 27.0. The average Bonchev–Trinajstić information content (AvgIpc) is 2.95. The smallest absolute Gasteiger partial charge is 0.195 e. The van der Waals surface area contributed by atoms with Gasteiger partial charge < -0.3 is 28.2 Å². The minimum atomic E-state index is -2.12. The van der Waals surface area contributed by atoms with Gasteiger partial charge in [-0.15, -0.1) is 0 Å². The largest absolute Gasteiger partial charge is 0.413 e. The van der Waals surface area contributed by atoms with E-state index in [2.05, 4.69) is 119 Å². The average molecular weight is 681 g/mol. The fourth-order valence-electron chi connectivity index (χ4n) is 6.12. The first-order valence-electron chi connectivity index (χ1n) is 18.1. The normalized spacial score (nSPS) is 28.4. The van der Waals surface area contributed by atoms with E-state index in [0.717, 1.165) is 0 Å². The van der Waals surface area contributed by atoms with Gasteiger partial charge in [-0.1, -0.05) is 106 Å². The van der Waals surface area contributed by atoms with Gasteiger partial charge in [-0.05, 0) is 61.9 Å². The molecule has 1 saturated carbocycles. The van der Waals surface area contributed by atoms with Crippen LogP contribution in [0.5, 0.6) is 0 Å². The molecule has 1 saturated heterocycles.